The van der Waals surface area contributed by atoms with E-state index in [1.807, 2.05) is 24.3 Å². The number of benzene rings is 2. The fraction of sp³-hybridized carbons (Fsp3) is 0.0625. The molecule has 5 heteroatoms. The molecule has 0 amide bonds. The summed E-state index contributed by atoms with van der Waals surface area (Å²) in [7, 11) is 1.61. The summed E-state index contributed by atoms with van der Waals surface area (Å²) in [5.74, 6) is 1.53. The van der Waals surface area contributed by atoms with Crippen molar-refractivity contribution in [3.8, 4) is 22.9 Å². The van der Waals surface area contributed by atoms with Crippen molar-refractivity contribution in [1.29, 1.82) is 0 Å². The Hall–Kier alpha value is -2.82. The second kappa shape index (κ2) is 5.66. The molecule has 21 heavy (non-hydrogen) atoms. The van der Waals surface area contributed by atoms with Crippen LogP contribution in [0, 0.1) is 5.82 Å². The zero-order valence-electron chi connectivity index (χ0n) is 11.4. The molecule has 1 aromatic heterocycles. The zero-order valence-corrected chi connectivity index (χ0v) is 11.4. The third kappa shape index (κ3) is 2.86. The van der Waals surface area contributed by atoms with E-state index in [0.29, 0.717) is 17.2 Å². The van der Waals surface area contributed by atoms with Gasteiger partial charge in [-0.3, -0.25) is 0 Å². The van der Waals surface area contributed by atoms with Crippen molar-refractivity contribution in [3.05, 3.63) is 66.7 Å². The number of hydrogen-bond acceptors (Lipinski definition) is 3. The number of rotatable bonds is 4. The molecule has 0 aliphatic rings. The van der Waals surface area contributed by atoms with E-state index in [2.05, 4.69) is 5.10 Å². The molecule has 0 spiro atoms. The Bertz CT molecular complexity index is 738. The summed E-state index contributed by atoms with van der Waals surface area (Å²) in [4.78, 5) is 0. The van der Waals surface area contributed by atoms with Crippen LogP contribution < -0.4 is 9.47 Å². The number of hydrogen-bond donors (Lipinski definition) is 0. The molecule has 2 aromatic carbocycles. The summed E-state index contributed by atoms with van der Waals surface area (Å²) >= 11 is 0. The number of aromatic nitrogens is 2. The molecule has 0 aliphatic heterocycles. The number of nitrogens with zero attached hydrogens (tertiary/aromatic N) is 2. The summed E-state index contributed by atoms with van der Waals surface area (Å²) in [6, 6.07) is 13.4. The summed E-state index contributed by atoms with van der Waals surface area (Å²) in [6.07, 6.45) is 3.33. The van der Waals surface area contributed by atoms with Crippen molar-refractivity contribution in [2.24, 2.45) is 0 Å². The lowest BCUT2D eigenvalue weighted by Crippen LogP contribution is -1.97. The van der Waals surface area contributed by atoms with Crippen LogP contribution in [0.5, 0.6) is 17.2 Å². The monoisotopic (exact) mass is 284 g/mol. The van der Waals surface area contributed by atoms with Gasteiger partial charge in [-0.2, -0.15) is 5.10 Å². The molecule has 0 bridgehead atoms. The quantitative estimate of drug-likeness (QED) is 0.731. The maximum absolute atomic E-state index is 12.8. The van der Waals surface area contributed by atoms with Gasteiger partial charge in [0.15, 0.2) is 5.75 Å². The second-order valence-corrected chi connectivity index (χ2v) is 4.35. The van der Waals surface area contributed by atoms with Crippen LogP contribution in [-0.2, 0) is 0 Å². The molecule has 3 rings (SSSR count). The van der Waals surface area contributed by atoms with E-state index in [4.69, 9.17) is 9.47 Å². The van der Waals surface area contributed by atoms with E-state index in [-0.39, 0.29) is 5.82 Å². The SMILES string of the molecule is COc1ccccc1-n1cc(Oc2ccc(F)cc2)cn1. The van der Waals surface area contributed by atoms with Gasteiger partial charge in [-0.1, -0.05) is 12.1 Å². The minimum atomic E-state index is -0.299. The lowest BCUT2D eigenvalue weighted by Gasteiger charge is -2.07. The van der Waals surface area contributed by atoms with Crippen molar-refractivity contribution < 1.29 is 13.9 Å². The van der Waals surface area contributed by atoms with E-state index < -0.39 is 0 Å². The van der Waals surface area contributed by atoms with Crippen molar-refractivity contribution >= 4 is 0 Å². The van der Waals surface area contributed by atoms with Crippen LogP contribution >= 0.6 is 0 Å². The molecule has 0 N–H and O–H groups in total. The van der Waals surface area contributed by atoms with Crippen LogP contribution in [0.25, 0.3) is 5.69 Å². The summed E-state index contributed by atoms with van der Waals surface area (Å²) < 4.78 is 25.4. The smallest absolute Gasteiger partial charge is 0.165 e. The van der Waals surface area contributed by atoms with Crippen molar-refractivity contribution in [2.75, 3.05) is 7.11 Å². The summed E-state index contributed by atoms with van der Waals surface area (Å²) in [5.41, 5.74) is 0.814. The fourth-order valence-corrected chi connectivity index (χ4v) is 1.95. The third-order valence-electron chi connectivity index (χ3n) is 2.94. The molecule has 0 aliphatic carbocycles. The average molecular weight is 284 g/mol. The van der Waals surface area contributed by atoms with Gasteiger partial charge in [0.2, 0.25) is 0 Å². The molecule has 0 saturated carbocycles. The predicted molar refractivity (Wildman–Crippen MR) is 76.6 cm³/mol. The van der Waals surface area contributed by atoms with E-state index in [1.54, 1.807) is 36.3 Å². The van der Waals surface area contributed by atoms with Crippen LogP contribution in [0.2, 0.25) is 0 Å². The number of ether oxygens (including phenoxy) is 2. The fourth-order valence-electron chi connectivity index (χ4n) is 1.95. The maximum atomic E-state index is 12.8. The van der Waals surface area contributed by atoms with Gasteiger partial charge >= 0.3 is 0 Å². The lowest BCUT2D eigenvalue weighted by atomic mass is 10.3. The number of para-hydroxylation sites is 2. The van der Waals surface area contributed by atoms with Gasteiger partial charge < -0.3 is 9.47 Å². The molecule has 3 aromatic rings. The van der Waals surface area contributed by atoms with Crippen LogP contribution in [0.3, 0.4) is 0 Å². The van der Waals surface area contributed by atoms with Crippen LogP contribution in [0.4, 0.5) is 4.39 Å². The second-order valence-electron chi connectivity index (χ2n) is 4.35. The Morgan fingerprint density at radius 1 is 1.00 bits per heavy atom. The standard InChI is InChI=1S/C16H13FN2O2/c1-20-16-5-3-2-4-15(16)19-11-14(10-18-19)21-13-8-6-12(17)7-9-13/h2-11H,1H3. The van der Waals surface area contributed by atoms with Crippen molar-refractivity contribution in [3.63, 3.8) is 0 Å². The molecule has 0 fully saturated rings. The third-order valence-corrected chi connectivity index (χ3v) is 2.94. The normalized spacial score (nSPS) is 10.4. The molecule has 0 atom stereocenters. The first-order valence-electron chi connectivity index (χ1n) is 6.38. The largest absolute Gasteiger partial charge is 0.494 e. The van der Waals surface area contributed by atoms with E-state index in [0.717, 1.165) is 5.69 Å². The molecule has 0 unspecified atom stereocenters. The Morgan fingerprint density at radius 3 is 2.52 bits per heavy atom. The zero-order chi connectivity index (χ0) is 14.7. The minimum Gasteiger partial charge on any atom is -0.494 e. The van der Waals surface area contributed by atoms with E-state index in [9.17, 15) is 4.39 Å². The first-order chi connectivity index (χ1) is 10.3. The average Bonchev–Trinajstić information content (AvgIpc) is 2.98. The lowest BCUT2D eigenvalue weighted by molar-refractivity contribution is 0.411. The Labute approximate surface area is 121 Å². The molecule has 0 radical (unpaired) electrons. The van der Waals surface area contributed by atoms with E-state index in [1.165, 1.54) is 12.1 Å². The first-order valence-corrected chi connectivity index (χ1v) is 6.38. The molecule has 4 nitrogen and oxygen atoms in total. The van der Waals surface area contributed by atoms with Crippen molar-refractivity contribution in [2.45, 2.75) is 0 Å². The molecular formula is C16H13FN2O2. The van der Waals surface area contributed by atoms with Crippen LogP contribution in [0.1, 0.15) is 0 Å². The highest BCUT2D eigenvalue weighted by atomic mass is 19.1. The minimum absolute atomic E-state index is 0.299. The summed E-state index contributed by atoms with van der Waals surface area (Å²) in [5, 5.41) is 4.25. The van der Waals surface area contributed by atoms with Gasteiger partial charge in [-0.05, 0) is 36.4 Å². The van der Waals surface area contributed by atoms with Gasteiger partial charge in [0.1, 0.15) is 23.0 Å². The predicted octanol–water partition coefficient (Wildman–Crippen LogP) is 3.81. The van der Waals surface area contributed by atoms with Crippen molar-refractivity contribution in [1.82, 2.24) is 9.78 Å². The van der Waals surface area contributed by atoms with Gasteiger partial charge in [0.25, 0.3) is 0 Å². The molecule has 0 saturated heterocycles. The maximum Gasteiger partial charge on any atom is 0.165 e. The molecule has 1 heterocycles. The topological polar surface area (TPSA) is 36.3 Å². The van der Waals surface area contributed by atoms with Crippen LogP contribution in [-0.4, -0.2) is 16.9 Å². The van der Waals surface area contributed by atoms with Crippen LogP contribution in [0.15, 0.2) is 60.9 Å². The Morgan fingerprint density at radius 2 is 1.76 bits per heavy atom. The Kier molecular flexibility index (Phi) is 3.55. The van der Waals surface area contributed by atoms with E-state index >= 15 is 0 Å². The van der Waals surface area contributed by atoms with Gasteiger partial charge in [-0.15, -0.1) is 0 Å². The first kappa shape index (κ1) is 13.2. The highest BCUT2D eigenvalue weighted by Gasteiger charge is 2.07. The molecule has 106 valence electrons. The van der Waals surface area contributed by atoms with Gasteiger partial charge in [0.05, 0.1) is 19.5 Å². The number of methoxy groups -OCH3 is 1. The Balaban J connectivity index is 1.84. The highest BCUT2D eigenvalue weighted by molar-refractivity contribution is 5.46. The van der Waals surface area contributed by atoms with Gasteiger partial charge in [0, 0.05) is 0 Å². The highest BCUT2D eigenvalue weighted by Crippen LogP contribution is 2.25. The molecular weight excluding hydrogens is 271 g/mol. The van der Waals surface area contributed by atoms with Gasteiger partial charge in [-0.25, -0.2) is 9.07 Å². The summed E-state index contributed by atoms with van der Waals surface area (Å²) in [6.45, 7) is 0. The number of halogens is 1.